The Morgan fingerprint density at radius 1 is 1.33 bits per heavy atom. The molecule has 4 rings (SSSR count). The largest absolute Gasteiger partial charge is 0.463 e. The monoisotopic (exact) mass is 406 g/mol. The van der Waals surface area contributed by atoms with Crippen LogP contribution in [0.4, 0.5) is 0 Å². The summed E-state index contributed by atoms with van der Waals surface area (Å²) in [6.45, 7) is 1.17. The van der Waals surface area contributed by atoms with Gasteiger partial charge >= 0.3 is 5.69 Å². The lowest BCUT2D eigenvalue weighted by molar-refractivity contribution is -0.140. The molecule has 1 N–H and O–H groups in total. The van der Waals surface area contributed by atoms with Crippen molar-refractivity contribution in [3.63, 3.8) is 0 Å². The summed E-state index contributed by atoms with van der Waals surface area (Å²) in [6.07, 6.45) is 1.45. The molecule has 27 heavy (non-hydrogen) atoms. The molecule has 0 aliphatic carbocycles. The maximum absolute atomic E-state index is 12.2. The summed E-state index contributed by atoms with van der Waals surface area (Å²) in [4.78, 5) is 43.1. The number of halogens is 1. The van der Waals surface area contributed by atoms with Crippen molar-refractivity contribution in [2.45, 2.75) is 19.1 Å². The summed E-state index contributed by atoms with van der Waals surface area (Å²) in [5, 5.41) is 1.12. The van der Waals surface area contributed by atoms with Gasteiger partial charge in [0.1, 0.15) is 11.6 Å². The SMILES string of the molecule is O=C(CCn1ccc(=O)[nH]c1=O)N1CC(Oc2nc3c(Cl)cccc3s2)C1. The number of rotatable bonds is 5. The molecule has 8 nitrogen and oxygen atoms in total. The van der Waals surface area contributed by atoms with Gasteiger partial charge in [-0.05, 0) is 12.1 Å². The average Bonchev–Trinajstić information content (AvgIpc) is 3.01. The first kappa shape index (κ1) is 17.7. The minimum atomic E-state index is -0.519. The molecule has 0 spiro atoms. The molecule has 0 atom stereocenters. The van der Waals surface area contributed by atoms with Crippen LogP contribution in [0.5, 0.6) is 5.19 Å². The molecule has 3 heterocycles. The highest BCUT2D eigenvalue weighted by atomic mass is 35.5. The highest BCUT2D eigenvalue weighted by Gasteiger charge is 2.32. The average molecular weight is 407 g/mol. The quantitative estimate of drug-likeness (QED) is 0.692. The zero-order valence-electron chi connectivity index (χ0n) is 14.1. The number of H-pyrrole nitrogens is 1. The van der Waals surface area contributed by atoms with Crippen LogP contribution >= 0.6 is 22.9 Å². The molecule has 140 valence electrons. The number of amides is 1. The molecule has 1 aliphatic rings. The van der Waals surface area contributed by atoms with Crippen molar-refractivity contribution in [3.8, 4) is 5.19 Å². The van der Waals surface area contributed by atoms with Crippen molar-refractivity contribution in [1.29, 1.82) is 0 Å². The zero-order valence-corrected chi connectivity index (χ0v) is 15.6. The van der Waals surface area contributed by atoms with E-state index in [1.807, 2.05) is 12.1 Å². The maximum Gasteiger partial charge on any atom is 0.328 e. The number of aromatic nitrogens is 3. The molecule has 1 aliphatic heterocycles. The summed E-state index contributed by atoms with van der Waals surface area (Å²) in [5.74, 6) is -0.0692. The first-order valence-electron chi connectivity index (χ1n) is 8.29. The molecule has 1 saturated heterocycles. The van der Waals surface area contributed by atoms with Crippen molar-refractivity contribution in [3.05, 3.63) is 56.3 Å². The van der Waals surface area contributed by atoms with Gasteiger partial charge in [-0.3, -0.25) is 14.6 Å². The summed E-state index contributed by atoms with van der Waals surface area (Å²) in [7, 11) is 0. The lowest BCUT2D eigenvalue weighted by Gasteiger charge is -2.38. The molecule has 10 heteroatoms. The third-order valence-electron chi connectivity index (χ3n) is 4.28. The van der Waals surface area contributed by atoms with Gasteiger partial charge < -0.3 is 14.2 Å². The van der Waals surface area contributed by atoms with E-state index in [9.17, 15) is 14.4 Å². The smallest absolute Gasteiger partial charge is 0.328 e. The summed E-state index contributed by atoms with van der Waals surface area (Å²) < 4.78 is 8.08. The van der Waals surface area contributed by atoms with Gasteiger partial charge in [0.2, 0.25) is 5.91 Å². The lowest BCUT2D eigenvalue weighted by atomic mass is 10.1. The highest BCUT2D eigenvalue weighted by molar-refractivity contribution is 7.20. The minimum absolute atomic E-state index is 0.0692. The number of nitrogens with zero attached hydrogens (tertiary/aromatic N) is 3. The minimum Gasteiger partial charge on any atom is -0.463 e. The van der Waals surface area contributed by atoms with Crippen LogP contribution in [0, 0.1) is 0 Å². The Hall–Kier alpha value is -2.65. The molecule has 0 saturated carbocycles. The Morgan fingerprint density at radius 3 is 2.89 bits per heavy atom. The van der Waals surface area contributed by atoms with Crippen LogP contribution in [-0.4, -0.2) is 44.5 Å². The topological polar surface area (TPSA) is 97.3 Å². The molecule has 0 unspecified atom stereocenters. The first-order chi connectivity index (χ1) is 13.0. The van der Waals surface area contributed by atoms with E-state index in [-0.39, 0.29) is 25.0 Å². The molecule has 0 radical (unpaired) electrons. The van der Waals surface area contributed by atoms with Crippen LogP contribution in [0.3, 0.4) is 0 Å². The second-order valence-corrected chi connectivity index (χ2v) is 7.56. The third-order valence-corrected chi connectivity index (χ3v) is 5.50. The van der Waals surface area contributed by atoms with E-state index < -0.39 is 11.2 Å². The van der Waals surface area contributed by atoms with Crippen molar-refractivity contribution < 1.29 is 9.53 Å². The Morgan fingerprint density at radius 2 is 2.15 bits per heavy atom. The number of ether oxygens (including phenoxy) is 1. The van der Waals surface area contributed by atoms with Gasteiger partial charge in [-0.1, -0.05) is 29.0 Å². The summed E-state index contributed by atoms with van der Waals surface area (Å²) in [6, 6.07) is 6.83. The van der Waals surface area contributed by atoms with E-state index in [1.54, 1.807) is 11.0 Å². The van der Waals surface area contributed by atoms with Crippen LogP contribution in [0.25, 0.3) is 10.2 Å². The molecule has 0 bridgehead atoms. The Balaban J connectivity index is 1.29. The van der Waals surface area contributed by atoms with Gasteiger partial charge in [0, 0.05) is 25.2 Å². The van der Waals surface area contributed by atoms with E-state index in [1.165, 1.54) is 28.2 Å². The number of thiazole rings is 1. The van der Waals surface area contributed by atoms with Crippen molar-refractivity contribution in [2.24, 2.45) is 0 Å². The number of carbonyl (C=O) groups is 1. The van der Waals surface area contributed by atoms with E-state index >= 15 is 0 Å². The molecule has 3 aromatic rings. The van der Waals surface area contributed by atoms with Gasteiger partial charge in [0.25, 0.3) is 10.8 Å². The van der Waals surface area contributed by atoms with E-state index in [0.717, 1.165) is 10.2 Å². The molecular formula is C17H15ClN4O4S. The Labute approximate surface area is 162 Å². The zero-order chi connectivity index (χ0) is 19.0. The highest BCUT2D eigenvalue weighted by Crippen LogP contribution is 2.33. The molecule has 1 aromatic carbocycles. The molecule has 2 aromatic heterocycles. The van der Waals surface area contributed by atoms with Gasteiger partial charge in [-0.15, -0.1) is 0 Å². The van der Waals surface area contributed by atoms with Gasteiger partial charge in [0.15, 0.2) is 0 Å². The fourth-order valence-electron chi connectivity index (χ4n) is 2.80. The standard InChI is InChI=1S/C17H15ClN4O4S/c18-11-2-1-3-12-15(11)20-17(27-12)26-10-8-22(9-10)14(24)5-7-21-6-4-13(23)19-16(21)25/h1-4,6,10H,5,7-9H2,(H,19,23,25). The fourth-order valence-corrected chi connectivity index (χ4v) is 3.98. The van der Waals surface area contributed by atoms with E-state index in [4.69, 9.17) is 16.3 Å². The number of carbonyl (C=O) groups excluding carboxylic acids is 1. The number of likely N-dealkylation sites (tertiary alicyclic amines) is 1. The van der Waals surface area contributed by atoms with Crippen LogP contribution in [0.15, 0.2) is 40.1 Å². The van der Waals surface area contributed by atoms with Gasteiger partial charge in [-0.2, -0.15) is 0 Å². The van der Waals surface area contributed by atoms with Crippen LogP contribution < -0.4 is 16.0 Å². The van der Waals surface area contributed by atoms with Gasteiger partial charge in [0.05, 0.1) is 22.8 Å². The molecule has 1 fully saturated rings. The number of aromatic amines is 1. The molecular weight excluding hydrogens is 392 g/mol. The van der Waals surface area contributed by atoms with Crippen molar-refractivity contribution in [1.82, 2.24) is 19.4 Å². The maximum atomic E-state index is 12.2. The van der Waals surface area contributed by atoms with E-state index in [0.29, 0.717) is 23.3 Å². The van der Waals surface area contributed by atoms with Crippen LogP contribution in [-0.2, 0) is 11.3 Å². The number of benzene rings is 1. The summed E-state index contributed by atoms with van der Waals surface area (Å²) >= 11 is 7.54. The Bertz CT molecular complexity index is 1120. The number of para-hydroxylation sites is 1. The van der Waals surface area contributed by atoms with Crippen LogP contribution in [0.1, 0.15) is 6.42 Å². The second-order valence-electron chi connectivity index (χ2n) is 6.16. The third kappa shape index (κ3) is 3.74. The van der Waals surface area contributed by atoms with Crippen LogP contribution in [0.2, 0.25) is 5.02 Å². The lowest BCUT2D eigenvalue weighted by Crippen LogP contribution is -2.56. The first-order valence-corrected chi connectivity index (χ1v) is 9.48. The normalized spacial score (nSPS) is 14.3. The predicted molar refractivity (Wildman–Crippen MR) is 102 cm³/mol. The predicted octanol–water partition coefficient (Wildman–Crippen LogP) is 1.48. The van der Waals surface area contributed by atoms with Crippen molar-refractivity contribution in [2.75, 3.05) is 13.1 Å². The second kappa shape index (κ2) is 7.16. The Kier molecular flexibility index (Phi) is 4.71. The summed E-state index contributed by atoms with van der Waals surface area (Å²) in [5.41, 5.74) is -0.256. The number of hydrogen-bond donors (Lipinski definition) is 1. The van der Waals surface area contributed by atoms with E-state index in [2.05, 4.69) is 9.97 Å². The van der Waals surface area contributed by atoms with Crippen molar-refractivity contribution >= 4 is 39.1 Å². The van der Waals surface area contributed by atoms with Gasteiger partial charge in [-0.25, -0.2) is 9.78 Å². The number of nitrogens with one attached hydrogen (secondary N) is 1. The molecule has 1 amide bonds. The number of hydrogen-bond acceptors (Lipinski definition) is 6. The number of fused-ring (bicyclic) bond motifs is 1. The number of aryl methyl sites for hydroxylation is 1. The fraction of sp³-hybridized carbons (Fsp3) is 0.294.